The Kier molecular flexibility index (Phi) is 3.18. The second-order valence-electron chi connectivity index (χ2n) is 4.87. The molecule has 0 bridgehead atoms. The summed E-state index contributed by atoms with van der Waals surface area (Å²) in [6, 6.07) is 10.8. The van der Waals surface area contributed by atoms with Crippen molar-refractivity contribution < 1.29 is 13.6 Å². The standard InChI is InChI=1S/C17H12F2O/c18-13-6-4-11(5-7-13)8-12-9-15-14(16(12)10-20)2-1-3-17(15)19/h1-8,10,16H,9H2/b12-8+. The van der Waals surface area contributed by atoms with Gasteiger partial charge in [-0.25, -0.2) is 8.78 Å². The molecule has 3 heteroatoms. The van der Waals surface area contributed by atoms with Crippen LogP contribution in [-0.4, -0.2) is 6.29 Å². The molecule has 1 atom stereocenters. The zero-order valence-corrected chi connectivity index (χ0v) is 10.6. The fourth-order valence-electron chi connectivity index (χ4n) is 2.64. The molecule has 3 rings (SSSR count). The van der Waals surface area contributed by atoms with Gasteiger partial charge in [0.15, 0.2) is 0 Å². The number of carbonyl (C=O) groups is 1. The van der Waals surface area contributed by atoms with Gasteiger partial charge in [-0.05, 0) is 41.3 Å². The van der Waals surface area contributed by atoms with E-state index in [1.807, 2.05) is 6.08 Å². The zero-order chi connectivity index (χ0) is 14.1. The van der Waals surface area contributed by atoms with Crippen molar-refractivity contribution in [1.82, 2.24) is 0 Å². The van der Waals surface area contributed by atoms with Gasteiger partial charge < -0.3 is 4.79 Å². The summed E-state index contributed by atoms with van der Waals surface area (Å²) in [5.41, 5.74) is 2.96. The average Bonchev–Trinajstić information content (AvgIpc) is 2.80. The maximum Gasteiger partial charge on any atom is 0.131 e. The van der Waals surface area contributed by atoms with Gasteiger partial charge in [0, 0.05) is 0 Å². The van der Waals surface area contributed by atoms with Gasteiger partial charge in [0.2, 0.25) is 0 Å². The molecule has 0 spiro atoms. The van der Waals surface area contributed by atoms with Crippen LogP contribution in [0, 0.1) is 11.6 Å². The lowest BCUT2D eigenvalue weighted by Crippen LogP contribution is -1.97. The molecule has 0 fully saturated rings. The van der Waals surface area contributed by atoms with Crippen LogP contribution in [0.3, 0.4) is 0 Å². The van der Waals surface area contributed by atoms with Crippen LogP contribution >= 0.6 is 0 Å². The van der Waals surface area contributed by atoms with Crippen LogP contribution < -0.4 is 0 Å². The average molecular weight is 270 g/mol. The van der Waals surface area contributed by atoms with E-state index in [2.05, 4.69) is 0 Å². The fraction of sp³-hybridized carbons (Fsp3) is 0.118. The zero-order valence-electron chi connectivity index (χ0n) is 10.6. The molecule has 0 N–H and O–H groups in total. The van der Waals surface area contributed by atoms with Crippen molar-refractivity contribution in [2.75, 3.05) is 0 Å². The number of benzene rings is 2. The van der Waals surface area contributed by atoms with Crippen LogP contribution in [0.4, 0.5) is 8.78 Å². The SMILES string of the molecule is O=CC1/C(=C/c2ccc(F)cc2)Cc2c(F)cccc21. The normalized spacial score (nSPS) is 19.1. The summed E-state index contributed by atoms with van der Waals surface area (Å²) < 4.78 is 26.7. The highest BCUT2D eigenvalue weighted by molar-refractivity contribution is 5.76. The Labute approximate surface area is 115 Å². The van der Waals surface area contributed by atoms with E-state index in [1.54, 1.807) is 24.3 Å². The maximum atomic E-state index is 13.8. The Balaban J connectivity index is 2.02. The maximum absolute atomic E-state index is 13.8. The summed E-state index contributed by atoms with van der Waals surface area (Å²) in [4.78, 5) is 11.3. The minimum absolute atomic E-state index is 0.281. The van der Waals surface area contributed by atoms with Crippen molar-refractivity contribution >= 4 is 12.4 Å². The first-order chi connectivity index (χ1) is 9.69. The van der Waals surface area contributed by atoms with Gasteiger partial charge in [0.05, 0.1) is 5.92 Å². The lowest BCUT2D eigenvalue weighted by atomic mass is 9.98. The molecule has 0 radical (unpaired) electrons. The van der Waals surface area contributed by atoms with E-state index in [4.69, 9.17) is 0 Å². The van der Waals surface area contributed by atoms with E-state index in [0.29, 0.717) is 12.0 Å². The van der Waals surface area contributed by atoms with E-state index in [-0.39, 0.29) is 11.6 Å². The quantitative estimate of drug-likeness (QED) is 0.757. The molecule has 1 aliphatic rings. The molecule has 1 nitrogen and oxygen atoms in total. The summed E-state index contributed by atoms with van der Waals surface area (Å²) in [6.07, 6.45) is 3.08. The lowest BCUT2D eigenvalue weighted by molar-refractivity contribution is -0.108. The Bertz CT molecular complexity index is 687. The van der Waals surface area contributed by atoms with Gasteiger partial charge in [0.25, 0.3) is 0 Å². The van der Waals surface area contributed by atoms with Crippen LogP contribution in [0.25, 0.3) is 6.08 Å². The number of allylic oxidation sites excluding steroid dienone is 1. The van der Waals surface area contributed by atoms with Crippen molar-refractivity contribution in [3.63, 3.8) is 0 Å². The summed E-state index contributed by atoms with van der Waals surface area (Å²) in [6.45, 7) is 0. The van der Waals surface area contributed by atoms with E-state index < -0.39 is 5.92 Å². The fourth-order valence-corrected chi connectivity index (χ4v) is 2.64. The Morgan fingerprint density at radius 3 is 2.50 bits per heavy atom. The summed E-state index contributed by atoms with van der Waals surface area (Å²) in [5.74, 6) is -0.998. The first-order valence-electron chi connectivity index (χ1n) is 6.37. The van der Waals surface area contributed by atoms with Gasteiger partial charge in [-0.15, -0.1) is 0 Å². The number of halogens is 2. The number of hydrogen-bond donors (Lipinski definition) is 0. The molecule has 1 aliphatic carbocycles. The third-order valence-electron chi connectivity index (χ3n) is 3.63. The highest BCUT2D eigenvalue weighted by Crippen LogP contribution is 2.38. The second kappa shape index (κ2) is 5.00. The molecule has 0 aromatic heterocycles. The molecule has 0 amide bonds. The van der Waals surface area contributed by atoms with Crippen LogP contribution in [0.1, 0.15) is 22.6 Å². The van der Waals surface area contributed by atoms with Gasteiger partial charge >= 0.3 is 0 Å². The van der Waals surface area contributed by atoms with E-state index >= 15 is 0 Å². The largest absolute Gasteiger partial charge is 0.302 e. The highest BCUT2D eigenvalue weighted by Gasteiger charge is 2.28. The van der Waals surface area contributed by atoms with Crippen molar-refractivity contribution in [2.24, 2.45) is 0 Å². The summed E-state index contributed by atoms with van der Waals surface area (Å²) in [7, 11) is 0. The number of hydrogen-bond acceptors (Lipinski definition) is 1. The smallest absolute Gasteiger partial charge is 0.131 e. The molecule has 2 aromatic carbocycles. The molecular weight excluding hydrogens is 258 g/mol. The molecule has 1 unspecified atom stereocenters. The van der Waals surface area contributed by atoms with Gasteiger partial charge in [-0.3, -0.25) is 0 Å². The van der Waals surface area contributed by atoms with E-state index in [0.717, 1.165) is 23.0 Å². The molecule has 0 aliphatic heterocycles. The van der Waals surface area contributed by atoms with Crippen LogP contribution in [0.5, 0.6) is 0 Å². The topological polar surface area (TPSA) is 17.1 Å². The second-order valence-corrected chi connectivity index (χ2v) is 4.87. The van der Waals surface area contributed by atoms with Crippen LogP contribution in [0.15, 0.2) is 48.0 Å². The Morgan fingerprint density at radius 2 is 1.80 bits per heavy atom. The predicted molar refractivity (Wildman–Crippen MR) is 73.3 cm³/mol. The summed E-state index contributed by atoms with van der Waals surface area (Å²) >= 11 is 0. The van der Waals surface area contributed by atoms with Gasteiger partial charge in [-0.2, -0.15) is 0 Å². The lowest BCUT2D eigenvalue weighted by Gasteiger charge is -2.05. The molecule has 2 aromatic rings. The highest BCUT2D eigenvalue weighted by atomic mass is 19.1. The first-order valence-corrected chi connectivity index (χ1v) is 6.37. The molecule has 0 heterocycles. The number of aldehydes is 1. The van der Waals surface area contributed by atoms with Crippen molar-refractivity contribution in [1.29, 1.82) is 0 Å². The van der Waals surface area contributed by atoms with Crippen molar-refractivity contribution in [3.8, 4) is 0 Å². The molecular formula is C17H12F2O. The monoisotopic (exact) mass is 270 g/mol. The number of fused-ring (bicyclic) bond motifs is 1. The third kappa shape index (κ3) is 2.16. The molecule has 0 saturated carbocycles. The minimum atomic E-state index is -0.411. The molecule has 0 saturated heterocycles. The van der Waals surface area contributed by atoms with E-state index in [9.17, 15) is 13.6 Å². The Morgan fingerprint density at radius 1 is 1.05 bits per heavy atom. The molecule has 100 valence electrons. The van der Waals surface area contributed by atoms with Crippen molar-refractivity contribution in [2.45, 2.75) is 12.3 Å². The number of rotatable bonds is 2. The van der Waals surface area contributed by atoms with Crippen LogP contribution in [0.2, 0.25) is 0 Å². The van der Waals surface area contributed by atoms with Crippen LogP contribution in [-0.2, 0) is 11.2 Å². The number of carbonyl (C=O) groups excluding carboxylic acids is 1. The van der Waals surface area contributed by atoms with Gasteiger partial charge in [0.1, 0.15) is 17.9 Å². The first kappa shape index (κ1) is 12.7. The van der Waals surface area contributed by atoms with E-state index in [1.165, 1.54) is 18.2 Å². The predicted octanol–water partition coefficient (Wildman–Crippen LogP) is 3.89. The van der Waals surface area contributed by atoms with Gasteiger partial charge in [-0.1, -0.05) is 35.9 Å². The Hall–Kier alpha value is -2.29. The minimum Gasteiger partial charge on any atom is -0.302 e. The summed E-state index contributed by atoms with van der Waals surface area (Å²) in [5, 5.41) is 0. The van der Waals surface area contributed by atoms with Crippen molar-refractivity contribution in [3.05, 3.63) is 76.4 Å². The molecule has 20 heavy (non-hydrogen) atoms. The third-order valence-corrected chi connectivity index (χ3v) is 3.63.